The van der Waals surface area contributed by atoms with Crippen molar-refractivity contribution >= 4 is 11.6 Å². The van der Waals surface area contributed by atoms with Gasteiger partial charge in [-0.3, -0.25) is 0 Å². The number of nitrogens with zero attached hydrogens (tertiary/aromatic N) is 3. The highest BCUT2D eigenvalue weighted by Gasteiger charge is 2.29. The van der Waals surface area contributed by atoms with E-state index in [1.54, 1.807) is 0 Å². The first-order chi connectivity index (χ1) is 7.90. The molecule has 0 unspecified atom stereocenters. The van der Waals surface area contributed by atoms with Gasteiger partial charge >= 0.3 is 0 Å². The normalized spacial score (nSPS) is 15.3. The molecule has 3 nitrogen and oxygen atoms in total. The van der Waals surface area contributed by atoms with Crippen LogP contribution >= 0.6 is 11.6 Å². The molecule has 1 heterocycles. The van der Waals surface area contributed by atoms with E-state index in [1.807, 2.05) is 22.9 Å². The van der Waals surface area contributed by atoms with Gasteiger partial charge in [-0.15, -0.1) is 16.7 Å². The van der Waals surface area contributed by atoms with Crippen LogP contribution in [0.3, 0.4) is 0 Å². The zero-order valence-corrected chi connectivity index (χ0v) is 9.56. The van der Waals surface area contributed by atoms with Gasteiger partial charge in [-0.25, -0.2) is 4.68 Å². The number of alkyl halides is 1. The molecule has 0 atom stereocenters. The topological polar surface area (TPSA) is 30.7 Å². The molecule has 1 aromatic carbocycles. The minimum absolute atomic E-state index is 0.414. The minimum atomic E-state index is 0.414. The molecule has 3 rings (SSSR count). The van der Waals surface area contributed by atoms with Crippen molar-refractivity contribution in [2.75, 3.05) is 0 Å². The summed E-state index contributed by atoms with van der Waals surface area (Å²) in [6.45, 7) is 0. The molecule has 1 aliphatic carbocycles. The summed E-state index contributed by atoms with van der Waals surface area (Å²) in [5, 5.41) is 8.36. The molecule has 82 valence electrons. The number of halogens is 1. The summed E-state index contributed by atoms with van der Waals surface area (Å²) in [6.07, 6.45) is 2.40. The van der Waals surface area contributed by atoms with Crippen LogP contribution in [0.4, 0.5) is 0 Å². The Hall–Kier alpha value is -1.35. The van der Waals surface area contributed by atoms with E-state index in [0.717, 1.165) is 17.0 Å². The maximum atomic E-state index is 5.90. The van der Waals surface area contributed by atoms with E-state index in [9.17, 15) is 0 Å². The lowest BCUT2D eigenvalue weighted by molar-refractivity contribution is 0.616. The maximum Gasteiger partial charge on any atom is 0.105 e. The third-order valence-corrected chi connectivity index (χ3v) is 3.08. The number of aromatic nitrogens is 3. The Kier molecular flexibility index (Phi) is 2.40. The fourth-order valence-corrected chi connectivity index (χ4v) is 2.07. The highest BCUT2D eigenvalue weighted by atomic mass is 35.5. The molecule has 16 heavy (non-hydrogen) atoms. The lowest BCUT2D eigenvalue weighted by Crippen LogP contribution is -1.99. The van der Waals surface area contributed by atoms with Crippen molar-refractivity contribution in [3.63, 3.8) is 0 Å². The number of benzene rings is 1. The number of hydrogen-bond acceptors (Lipinski definition) is 2. The number of hydrogen-bond donors (Lipinski definition) is 0. The van der Waals surface area contributed by atoms with Crippen molar-refractivity contribution < 1.29 is 0 Å². The van der Waals surface area contributed by atoms with E-state index >= 15 is 0 Å². The Labute approximate surface area is 99.0 Å². The second kappa shape index (κ2) is 3.91. The van der Waals surface area contributed by atoms with Gasteiger partial charge in [0.15, 0.2) is 0 Å². The summed E-state index contributed by atoms with van der Waals surface area (Å²) in [7, 11) is 0. The zero-order valence-electron chi connectivity index (χ0n) is 8.81. The van der Waals surface area contributed by atoms with Gasteiger partial charge in [-0.2, -0.15) is 0 Å². The van der Waals surface area contributed by atoms with E-state index in [1.165, 1.54) is 12.8 Å². The minimum Gasteiger partial charge on any atom is -0.241 e. The third-order valence-electron chi connectivity index (χ3n) is 2.83. The molecule has 0 saturated heterocycles. The Morgan fingerprint density at radius 3 is 2.62 bits per heavy atom. The first-order valence-corrected chi connectivity index (χ1v) is 5.99. The van der Waals surface area contributed by atoms with E-state index in [2.05, 4.69) is 22.4 Å². The molecule has 2 aromatic rings. The molecular weight excluding hydrogens is 222 g/mol. The molecule has 0 aliphatic heterocycles. The maximum absolute atomic E-state index is 5.90. The standard InChI is InChI=1S/C12H12ClN3/c13-8-11-12(9-4-2-1-3-5-9)16(15-14-11)10-6-7-10/h1-5,10H,6-8H2. The average molecular weight is 234 g/mol. The number of rotatable bonds is 3. The first kappa shape index (κ1) is 9.85. The first-order valence-electron chi connectivity index (χ1n) is 5.45. The SMILES string of the molecule is ClCc1nnn(C2CC2)c1-c1ccccc1. The monoisotopic (exact) mass is 233 g/mol. The molecule has 0 bridgehead atoms. The van der Waals surface area contributed by atoms with Crippen LogP contribution in [0.2, 0.25) is 0 Å². The largest absolute Gasteiger partial charge is 0.241 e. The lowest BCUT2D eigenvalue weighted by atomic mass is 10.1. The van der Waals surface area contributed by atoms with Crippen LogP contribution in [0, 0.1) is 0 Å². The predicted octanol–water partition coefficient (Wildman–Crippen LogP) is 3.02. The Balaban J connectivity index is 2.13. The quantitative estimate of drug-likeness (QED) is 0.763. The highest BCUT2D eigenvalue weighted by Crippen LogP contribution is 2.38. The van der Waals surface area contributed by atoms with E-state index in [-0.39, 0.29) is 0 Å². The fraction of sp³-hybridized carbons (Fsp3) is 0.333. The molecule has 1 aromatic heterocycles. The lowest BCUT2D eigenvalue weighted by Gasteiger charge is -2.05. The van der Waals surface area contributed by atoms with Crippen molar-refractivity contribution in [1.82, 2.24) is 15.0 Å². The zero-order chi connectivity index (χ0) is 11.0. The van der Waals surface area contributed by atoms with Gasteiger partial charge in [0.1, 0.15) is 5.69 Å². The predicted molar refractivity (Wildman–Crippen MR) is 63.3 cm³/mol. The van der Waals surface area contributed by atoms with Crippen molar-refractivity contribution in [3.05, 3.63) is 36.0 Å². The van der Waals surface area contributed by atoms with Crippen LogP contribution in [0.15, 0.2) is 30.3 Å². The van der Waals surface area contributed by atoms with Crippen LogP contribution in [0.25, 0.3) is 11.3 Å². The average Bonchev–Trinajstić information content (AvgIpc) is 3.09. The van der Waals surface area contributed by atoms with Crippen molar-refractivity contribution in [2.45, 2.75) is 24.8 Å². The van der Waals surface area contributed by atoms with Crippen LogP contribution in [0.1, 0.15) is 24.6 Å². The Morgan fingerprint density at radius 2 is 2.00 bits per heavy atom. The summed E-state index contributed by atoms with van der Waals surface area (Å²) in [6, 6.07) is 10.7. The second-order valence-corrected chi connectivity index (χ2v) is 4.33. The molecule has 0 radical (unpaired) electrons. The van der Waals surface area contributed by atoms with Gasteiger partial charge in [-0.05, 0) is 12.8 Å². The highest BCUT2D eigenvalue weighted by molar-refractivity contribution is 6.17. The van der Waals surface area contributed by atoms with Crippen LogP contribution < -0.4 is 0 Å². The molecule has 0 amide bonds. The van der Waals surface area contributed by atoms with E-state index in [4.69, 9.17) is 11.6 Å². The van der Waals surface area contributed by atoms with Gasteiger partial charge < -0.3 is 0 Å². The third kappa shape index (κ3) is 1.61. The van der Waals surface area contributed by atoms with Crippen molar-refractivity contribution in [1.29, 1.82) is 0 Å². The van der Waals surface area contributed by atoms with Crippen LogP contribution in [-0.4, -0.2) is 15.0 Å². The van der Waals surface area contributed by atoms with Gasteiger partial charge in [0.25, 0.3) is 0 Å². The summed E-state index contributed by atoms with van der Waals surface area (Å²) >= 11 is 5.90. The molecule has 1 saturated carbocycles. The molecule has 1 fully saturated rings. The van der Waals surface area contributed by atoms with Crippen LogP contribution in [-0.2, 0) is 5.88 Å². The summed E-state index contributed by atoms with van der Waals surface area (Å²) < 4.78 is 2.02. The molecule has 1 aliphatic rings. The fourth-order valence-electron chi connectivity index (χ4n) is 1.89. The van der Waals surface area contributed by atoms with Gasteiger partial charge in [0, 0.05) is 5.56 Å². The summed E-state index contributed by atoms with van der Waals surface area (Å²) in [5.41, 5.74) is 3.10. The molecule has 0 spiro atoms. The molecular formula is C12H12ClN3. The van der Waals surface area contributed by atoms with Gasteiger partial charge in [0.2, 0.25) is 0 Å². The Bertz CT molecular complexity index is 488. The van der Waals surface area contributed by atoms with E-state index in [0.29, 0.717) is 11.9 Å². The second-order valence-electron chi connectivity index (χ2n) is 4.06. The summed E-state index contributed by atoms with van der Waals surface area (Å²) in [4.78, 5) is 0. The molecule has 0 N–H and O–H groups in total. The van der Waals surface area contributed by atoms with Gasteiger partial charge in [0.05, 0.1) is 17.6 Å². The van der Waals surface area contributed by atoms with Crippen LogP contribution in [0.5, 0.6) is 0 Å². The molecule has 4 heteroatoms. The smallest absolute Gasteiger partial charge is 0.105 e. The van der Waals surface area contributed by atoms with Crippen molar-refractivity contribution in [3.8, 4) is 11.3 Å². The van der Waals surface area contributed by atoms with Crippen molar-refractivity contribution in [2.24, 2.45) is 0 Å². The Morgan fingerprint density at radius 1 is 1.25 bits per heavy atom. The van der Waals surface area contributed by atoms with E-state index < -0.39 is 0 Å². The van der Waals surface area contributed by atoms with Gasteiger partial charge in [-0.1, -0.05) is 35.5 Å². The summed E-state index contributed by atoms with van der Waals surface area (Å²) in [5.74, 6) is 0.414.